The molecule has 2 aromatic carbocycles. The summed E-state index contributed by atoms with van der Waals surface area (Å²) in [5, 5.41) is 16.9. The van der Waals surface area contributed by atoms with Gasteiger partial charge in [-0.15, -0.1) is 24.8 Å². The van der Waals surface area contributed by atoms with E-state index in [1.165, 1.54) is 0 Å². The molecule has 5 nitrogen and oxygen atoms in total. The monoisotopic (exact) mass is 498 g/mol. The minimum atomic E-state index is -0.330. The summed E-state index contributed by atoms with van der Waals surface area (Å²) >= 11 is 12.1. The van der Waals surface area contributed by atoms with Crippen molar-refractivity contribution in [3.63, 3.8) is 0 Å². The molecule has 2 rings (SSSR count). The Morgan fingerprint density at radius 2 is 1.70 bits per heavy atom. The summed E-state index contributed by atoms with van der Waals surface area (Å²) in [6.45, 7) is 7.52. The first-order valence-corrected chi connectivity index (χ1v) is 10.2. The Labute approximate surface area is 201 Å². The van der Waals surface area contributed by atoms with E-state index in [0.717, 1.165) is 30.8 Å². The Kier molecular flexibility index (Phi) is 15.3. The maximum absolute atomic E-state index is 9.22. The summed E-state index contributed by atoms with van der Waals surface area (Å²) in [4.78, 5) is 0. The Balaban J connectivity index is 0.00000420. The zero-order valence-corrected chi connectivity index (χ0v) is 20.3. The molecule has 0 aliphatic rings. The van der Waals surface area contributed by atoms with E-state index in [2.05, 4.69) is 10.6 Å². The zero-order valence-electron chi connectivity index (χ0n) is 17.1. The summed E-state index contributed by atoms with van der Waals surface area (Å²) in [5.41, 5.74) is 1.97. The largest absolute Gasteiger partial charge is 0.490 e. The van der Waals surface area contributed by atoms with Crippen LogP contribution in [0.2, 0.25) is 10.0 Å². The SMILES string of the molecule is CCOc1cc(CNCCNCC(C)O)ccc1OCc1ccc(Cl)cc1Cl.Cl.Cl. The van der Waals surface area contributed by atoms with Gasteiger partial charge in [0.2, 0.25) is 0 Å². The number of ether oxygens (including phenoxy) is 2. The second kappa shape index (κ2) is 15.8. The summed E-state index contributed by atoms with van der Waals surface area (Å²) < 4.78 is 11.7. The summed E-state index contributed by atoms with van der Waals surface area (Å²) in [6.07, 6.45) is -0.330. The molecule has 0 saturated carbocycles. The van der Waals surface area contributed by atoms with Crippen LogP contribution in [0.3, 0.4) is 0 Å². The Morgan fingerprint density at radius 1 is 0.967 bits per heavy atom. The molecule has 1 unspecified atom stereocenters. The average molecular weight is 500 g/mol. The molecule has 0 aliphatic carbocycles. The highest BCUT2D eigenvalue weighted by Gasteiger charge is 2.09. The molecule has 0 spiro atoms. The Morgan fingerprint density at radius 3 is 2.37 bits per heavy atom. The summed E-state index contributed by atoms with van der Waals surface area (Å²) in [7, 11) is 0. The summed E-state index contributed by atoms with van der Waals surface area (Å²) in [5.74, 6) is 1.38. The van der Waals surface area contributed by atoms with Crippen molar-refractivity contribution in [2.45, 2.75) is 33.1 Å². The molecule has 1 atom stereocenters. The zero-order chi connectivity index (χ0) is 20.4. The number of halogens is 4. The molecule has 30 heavy (non-hydrogen) atoms. The first-order chi connectivity index (χ1) is 13.5. The third kappa shape index (κ3) is 10.4. The minimum Gasteiger partial charge on any atom is -0.490 e. The number of rotatable bonds is 12. The van der Waals surface area contributed by atoms with E-state index >= 15 is 0 Å². The predicted octanol–water partition coefficient (Wildman–Crippen LogP) is 4.87. The van der Waals surface area contributed by atoms with Crippen LogP contribution in [0.5, 0.6) is 11.5 Å². The molecule has 0 aliphatic heterocycles. The first-order valence-electron chi connectivity index (χ1n) is 9.41. The minimum absolute atomic E-state index is 0. The lowest BCUT2D eigenvalue weighted by Gasteiger charge is -2.14. The first kappa shape index (κ1) is 29.1. The lowest BCUT2D eigenvalue weighted by Crippen LogP contribution is -2.31. The fourth-order valence-corrected chi connectivity index (χ4v) is 3.03. The molecule has 0 fully saturated rings. The lowest BCUT2D eigenvalue weighted by atomic mass is 10.2. The quantitative estimate of drug-likeness (QED) is 0.363. The van der Waals surface area contributed by atoms with Crippen molar-refractivity contribution in [3.8, 4) is 11.5 Å². The average Bonchev–Trinajstić information content (AvgIpc) is 2.65. The van der Waals surface area contributed by atoms with Crippen LogP contribution in [-0.2, 0) is 13.2 Å². The summed E-state index contributed by atoms with van der Waals surface area (Å²) in [6, 6.07) is 11.3. The van der Waals surface area contributed by atoms with Gasteiger partial charge in [0.15, 0.2) is 11.5 Å². The van der Waals surface area contributed by atoms with Crippen LogP contribution < -0.4 is 20.1 Å². The van der Waals surface area contributed by atoms with Crippen molar-refractivity contribution in [3.05, 3.63) is 57.6 Å². The molecule has 0 saturated heterocycles. The van der Waals surface area contributed by atoms with E-state index in [1.807, 2.05) is 31.2 Å². The van der Waals surface area contributed by atoms with Gasteiger partial charge in [-0.3, -0.25) is 0 Å². The maximum atomic E-state index is 9.22. The van der Waals surface area contributed by atoms with Crippen LogP contribution in [-0.4, -0.2) is 37.5 Å². The van der Waals surface area contributed by atoms with E-state index in [1.54, 1.807) is 19.1 Å². The normalized spacial score (nSPS) is 11.2. The van der Waals surface area contributed by atoms with Gasteiger partial charge in [0, 0.05) is 41.8 Å². The van der Waals surface area contributed by atoms with Crippen LogP contribution in [0.4, 0.5) is 0 Å². The van der Waals surface area contributed by atoms with E-state index in [4.69, 9.17) is 32.7 Å². The van der Waals surface area contributed by atoms with Gasteiger partial charge in [-0.05, 0) is 43.7 Å². The van der Waals surface area contributed by atoms with Crippen LogP contribution >= 0.6 is 48.0 Å². The smallest absolute Gasteiger partial charge is 0.161 e. The molecule has 9 heteroatoms. The van der Waals surface area contributed by atoms with E-state index in [-0.39, 0.29) is 30.9 Å². The number of benzene rings is 2. The fourth-order valence-electron chi connectivity index (χ4n) is 2.56. The number of aliphatic hydroxyl groups is 1. The van der Waals surface area contributed by atoms with Crippen LogP contribution in [0.15, 0.2) is 36.4 Å². The van der Waals surface area contributed by atoms with Crippen LogP contribution in [0, 0.1) is 0 Å². The van der Waals surface area contributed by atoms with E-state index in [0.29, 0.717) is 41.3 Å². The molecule has 3 N–H and O–H groups in total. The predicted molar refractivity (Wildman–Crippen MR) is 129 cm³/mol. The lowest BCUT2D eigenvalue weighted by molar-refractivity contribution is 0.191. The number of nitrogens with one attached hydrogen (secondary N) is 2. The standard InChI is InChI=1S/C21H28Cl2N2O3.2ClH/c1-3-27-21-10-16(13-25-9-8-24-12-15(2)26)4-7-20(21)28-14-17-5-6-18(22)11-19(17)23;;/h4-7,10-11,15,24-26H,3,8-9,12-14H2,1-2H3;2*1H. The topological polar surface area (TPSA) is 62.8 Å². The molecule has 0 heterocycles. The molecule has 0 bridgehead atoms. The molecule has 170 valence electrons. The van der Waals surface area contributed by atoms with Gasteiger partial charge in [-0.2, -0.15) is 0 Å². The second-order valence-corrected chi connectivity index (χ2v) is 7.31. The van der Waals surface area contributed by atoms with Crippen LogP contribution in [0.1, 0.15) is 25.0 Å². The highest BCUT2D eigenvalue weighted by atomic mass is 35.5. The Bertz CT molecular complexity index is 748. The van der Waals surface area contributed by atoms with E-state index < -0.39 is 0 Å². The number of hydrogen-bond acceptors (Lipinski definition) is 5. The van der Waals surface area contributed by atoms with Crippen molar-refractivity contribution >= 4 is 48.0 Å². The van der Waals surface area contributed by atoms with Gasteiger partial charge in [-0.1, -0.05) is 35.3 Å². The van der Waals surface area contributed by atoms with Gasteiger partial charge in [-0.25, -0.2) is 0 Å². The van der Waals surface area contributed by atoms with Crippen molar-refractivity contribution in [2.24, 2.45) is 0 Å². The molecule has 2 aromatic rings. The third-order valence-corrected chi connectivity index (χ3v) is 4.54. The Hall–Kier alpha value is -0.920. The van der Waals surface area contributed by atoms with Gasteiger partial charge in [0.25, 0.3) is 0 Å². The fraction of sp³-hybridized carbons (Fsp3) is 0.429. The van der Waals surface area contributed by atoms with Gasteiger partial charge < -0.3 is 25.2 Å². The second-order valence-electron chi connectivity index (χ2n) is 6.47. The molecular formula is C21H30Cl4N2O3. The maximum Gasteiger partial charge on any atom is 0.161 e. The van der Waals surface area contributed by atoms with Gasteiger partial charge in [0.05, 0.1) is 12.7 Å². The van der Waals surface area contributed by atoms with Crippen LogP contribution in [0.25, 0.3) is 0 Å². The number of aliphatic hydroxyl groups excluding tert-OH is 1. The third-order valence-electron chi connectivity index (χ3n) is 3.95. The van der Waals surface area contributed by atoms with Crippen molar-refractivity contribution in [1.29, 1.82) is 0 Å². The molecule has 0 aromatic heterocycles. The highest BCUT2D eigenvalue weighted by Crippen LogP contribution is 2.30. The van der Waals surface area contributed by atoms with Crippen molar-refractivity contribution in [1.82, 2.24) is 10.6 Å². The number of hydrogen-bond donors (Lipinski definition) is 3. The molecular weight excluding hydrogens is 470 g/mol. The van der Waals surface area contributed by atoms with Gasteiger partial charge in [0.1, 0.15) is 6.61 Å². The van der Waals surface area contributed by atoms with Gasteiger partial charge >= 0.3 is 0 Å². The molecule has 0 radical (unpaired) electrons. The van der Waals surface area contributed by atoms with E-state index in [9.17, 15) is 5.11 Å². The molecule has 0 amide bonds. The van der Waals surface area contributed by atoms with Crippen molar-refractivity contribution in [2.75, 3.05) is 26.2 Å². The highest BCUT2D eigenvalue weighted by molar-refractivity contribution is 6.35. The van der Waals surface area contributed by atoms with Crippen molar-refractivity contribution < 1.29 is 14.6 Å².